The third kappa shape index (κ3) is 9.33. The van der Waals surface area contributed by atoms with Crippen LogP contribution in [0.15, 0.2) is 0 Å². The Morgan fingerprint density at radius 2 is 1.43 bits per heavy atom. The van der Waals surface area contributed by atoms with Crippen LogP contribution in [0.3, 0.4) is 0 Å². The standard InChI is InChI=1S/C12H15Br6NO4/c13-11(14,15)9(20)22-7-8(23-10(21)12(16,17)18)6-19-4-2-1-3-5-19/h8H,1-7H2/p+1. The van der Waals surface area contributed by atoms with E-state index in [4.69, 9.17) is 9.47 Å². The Hall–Kier alpha value is 1.78. The first kappa shape index (κ1) is 22.8. The van der Waals surface area contributed by atoms with Gasteiger partial charge in [-0.25, -0.2) is 9.59 Å². The average molecular weight is 718 g/mol. The second-order valence-electron chi connectivity index (χ2n) is 5.14. The largest absolute Gasteiger partial charge is 0.459 e. The van der Waals surface area contributed by atoms with Crippen molar-refractivity contribution in [2.75, 3.05) is 26.2 Å². The van der Waals surface area contributed by atoms with Crippen LogP contribution in [0.1, 0.15) is 19.3 Å². The third-order valence-corrected chi connectivity index (χ3v) is 5.16. The van der Waals surface area contributed by atoms with Crippen LogP contribution < -0.4 is 4.90 Å². The molecule has 1 N–H and O–H groups in total. The summed E-state index contributed by atoms with van der Waals surface area (Å²) in [5.41, 5.74) is 0. The summed E-state index contributed by atoms with van der Waals surface area (Å²) in [7, 11) is 0. The maximum absolute atomic E-state index is 12.0. The molecule has 11 heteroatoms. The molecular weight excluding hydrogens is 702 g/mol. The summed E-state index contributed by atoms with van der Waals surface area (Å²) in [5, 5.41) is 0. The molecule has 0 aromatic heterocycles. The van der Waals surface area contributed by atoms with Gasteiger partial charge in [0.05, 0.1) is 13.1 Å². The number of esters is 2. The molecule has 134 valence electrons. The SMILES string of the molecule is O=C(OCC(C[NH+]1CCCCC1)OC(=O)C(Br)(Br)Br)C(Br)(Br)Br. The number of halogens is 6. The topological polar surface area (TPSA) is 57.0 Å². The highest BCUT2D eigenvalue weighted by Crippen LogP contribution is 2.36. The molecule has 0 aromatic carbocycles. The van der Waals surface area contributed by atoms with Gasteiger partial charge < -0.3 is 14.4 Å². The van der Waals surface area contributed by atoms with Crippen LogP contribution in [0.25, 0.3) is 0 Å². The summed E-state index contributed by atoms with van der Waals surface area (Å²) in [6, 6.07) is 0. The number of piperidine rings is 1. The van der Waals surface area contributed by atoms with E-state index in [1.165, 1.54) is 11.3 Å². The highest BCUT2D eigenvalue weighted by Gasteiger charge is 2.36. The molecule has 0 saturated carbocycles. The zero-order valence-electron chi connectivity index (χ0n) is 11.9. The van der Waals surface area contributed by atoms with E-state index in [9.17, 15) is 9.59 Å². The number of quaternary nitrogens is 1. The lowest BCUT2D eigenvalue weighted by atomic mass is 10.1. The number of nitrogens with one attached hydrogen (secondary N) is 1. The summed E-state index contributed by atoms with van der Waals surface area (Å²) >= 11 is 18.7. The molecule has 1 rings (SSSR count). The molecule has 1 aliphatic heterocycles. The second-order valence-corrected chi connectivity index (χ2v) is 18.7. The van der Waals surface area contributed by atoms with Crippen molar-refractivity contribution in [2.45, 2.75) is 29.7 Å². The van der Waals surface area contributed by atoms with Gasteiger partial charge in [-0.2, -0.15) is 0 Å². The minimum Gasteiger partial charge on any atom is -0.459 e. The maximum Gasteiger partial charge on any atom is 0.345 e. The second kappa shape index (κ2) is 10.2. The molecule has 1 fully saturated rings. The molecule has 1 aliphatic rings. The Morgan fingerprint density at radius 3 is 1.91 bits per heavy atom. The fourth-order valence-electron chi connectivity index (χ4n) is 2.18. The Labute approximate surface area is 185 Å². The van der Waals surface area contributed by atoms with E-state index in [1.54, 1.807) is 0 Å². The zero-order chi connectivity index (χ0) is 17.7. The number of carbonyl (C=O) groups excluding carboxylic acids is 2. The molecule has 0 amide bonds. The van der Waals surface area contributed by atoms with Crippen LogP contribution in [-0.2, 0) is 19.1 Å². The number of ether oxygens (including phenoxy) is 2. The van der Waals surface area contributed by atoms with E-state index < -0.39 is 22.3 Å². The molecule has 0 bridgehead atoms. The first-order valence-electron chi connectivity index (χ1n) is 6.85. The van der Waals surface area contributed by atoms with Crippen molar-refractivity contribution in [1.29, 1.82) is 0 Å². The van der Waals surface area contributed by atoms with Crippen LogP contribution in [0.5, 0.6) is 0 Å². The fourth-order valence-corrected chi connectivity index (χ4v) is 2.80. The van der Waals surface area contributed by atoms with Crippen molar-refractivity contribution in [3.63, 3.8) is 0 Å². The number of carbonyl (C=O) groups is 2. The smallest absolute Gasteiger partial charge is 0.345 e. The van der Waals surface area contributed by atoms with Gasteiger partial charge in [0.25, 0.3) is 0 Å². The third-order valence-electron chi connectivity index (χ3n) is 3.21. The molecule has 1 unspecified atom stereocenters. The van der Waals surface area contributed by atoms with Gasteiger partial charge in [0, 0.05) is 0 Å². The summed E-state index contributed by atoms with van der Waals surface area (Å²) in [6.45, 7) is 2.65. The van der Waals surface area contributed by atoms with Gasteiger partial charge in [-0.15, -0.1) is 0 Å². The first-order valence-corrected chi connectivity index (χ1v) is 11.6. The molecule has 1 heterocycles. The normalized spacial score (nSPS) is 18.3. The van der Waals surface area contributed by atoms with Crippen LogP contribution in [-0.4, -0.2) is 48.6 Å². The van der Waals surface area contributed by atoms with Gasteiger partial charge in [0.1, 0.15) is 13.2 Å². The maximum atomic E-state index is 12.0. The molecule has 1 saturated heterocycles. The van der Waals surface area contributed by atoms with E-state index in [0.29, 0.717) is 6.54 Å². The van der Waals surface area contributed by atoms with Gasteiger partial charge in [-0.3, -0.25) is 0 Å². The zero-order valence-corrected chi connectivity index (χ0v) is 21.4. The summed E-state index contributed by atoms with van der Waals surface area (Å²) in [6.07, 6.45) is 3.02. The van der Waals surface area contributed by atoms with E-state index in [0.717, 1.165) is 25.9 Å². The minimum absolute atomic E-state index is 0.0122. The Morgan fingerprint density at radius 1 is 0.913 bits per heavy atom. The van der Waals surface area contributed by atoms with Crippen molar-refractivity contribution < 1.29 is 24.0 Å². The Balaban J connectivity index is 2.63. The summed E-state index contributed by atoms with van der Waals surface area (Å²) in [4.78, 5) is 25.2. The van der Waals surface area contributed by atoms with Crippen molar-refractivity contribution >= 4 is 108 Å². The van der Waals surface area contributed by atoms with Crippen molar-refractivity contribution in [2.24, 2.45) is 0 Å². The lowest BCUT2D eigenvalue weighted by Crippen LogP contribution is -3.14. The van der Waals surface area contributed by atoms with E-state index in [-0.39, 0.29) is 6.61 Å². The molecule has 23 heavy (non-hydrogen) atoms. The molecule has 0 spiro atoms. The predicted molar refractivity (Wildman–Crippen MR) is 109 cm³/mol. The van der Waals surface area contributed by atoms with E-state index in [2.05, 4.69) is 95.6 Å². The molecule has 0 aromatic rings. The molecule has 5 nitrogen and oxygen atoms in total. The van der Waals surface area contributed by atoms with Crippen molar-refractivity contribution in [1.82, 2.24) is 0 Å². The monoisotopic (exact) mass is 712 g/mol. The van der Waals surface area contributed by atoms with Crippen molar-refractivity contribution in [3.05, 3.63) is 0 Å². The van der Waals surface area contributed by atoms with Gasteiger partial charge in [0.2, 0.25) is 4.29 Å². The Bertz CT molecular complexity index is 417. The van der Waals surface area contributed by atoms with Crippen LogP contribution in [0, 0.1) is 0 Å². The summed E-state index contributed by atoms with van der Waals surface area (Å²) < 4.78 is 8.39. The van der Waals surface area contributed by atoms with Crippen LogP contribution in [0.2, 0.25) is 0 Å². The lowest BCUT2D eigenvalue weighted by Gasteiger charge is -2.28. The van der Waals surface area contributed by atoms with Gasteiger partial charge >= 0.3 is 11.9 Å². The van der Waals surface area contributed by atoms with Crippen LogP contribution >= 0.6 is 95.6 Å². The average Bonchev–Trinajstić information content (AvgIpc) is 2.43. The minimum atomic E-state index is -1.14. The van der Waals surface area contributed by atoms with Gasteiger partial charge in [0.15, 0.2) is 6.10 Å². The highest BCUT2D eigenvalue weighted by atomic mass is 80.0. The van der Waals surface area contributed by atoms with E-state index in [1.807, 2.05) is 0 Å². The van der Waals surface area contributed by atoms with Crippen molar-refractivity contribution in [3.8, 4) is 0 Å². The number of rotatable bonds is 5. The first-order chi connectivity index (χ1) is 10.5. The summed E-state index contributed by atoms with van der Waals surface area (Å²) in [5.74, 6) is -1.08. The number of hydrogen-bond donors (Lipinski definition) is 1. The predicted octanol–water partition coefficient (Wildman–Crippen LogP) is 3.19. The fraction of sp³-hybridized carbons (Fsp3) is 0.833. The number of likely N-dealkylation sites (tertiary alicyclic amines) is 1. The van der Waals surface area contributed by atoms with E-state index >= 15 is 0 Å². The number of hydrogen-bond acceptors (Lipinski definition) is 4. The highest BCUT2D eigenvalue weighted by molar-refractivity contribution is 9.40. The Kier molecular flexibility index (Phi) is 10.1. The molecule has 0 aliphatic carbocycles. The molecule has 0 radical (unpaired) electrons. The van der Waals surface area contributed by atoms with Crippen LogP contribution in [0.4, 0.5) is 0 Å². The molecule has 1 atom stereocenters. The van der Waals surface area contributed by atoms with Gasteiger partial charge in [-0.05, 0) is 115 Å². The quantitative estimate of drug-likeness (QED) is 0.351. The number of alkyl halides is 6. The molecular formula is C12H16Br6NO4+. The lowest BCUT2D eigenvalue weighted by molar-refractivity contribution is -0.907. The van der Waals surface area contributed by atoms with Gasteiger partial charge in [-0.1, -0.05) is 0 Å².